The Hall–Kier alpha value is -1.88. The summed E-state index contributed by atoms with van der Waals surface area (Å²) in [5, 5.41) is 5.87. The minimum absolute atomic E-state index is 0.0673. The Morgan fingerprint density at radius 3 is 2.48 bits per heavy atom. The van der Waals surface area contributed by atoms with Crippen molar-refractivity contribution in [1.29, 1.82) is 0 Å². The lowest BCUT2D eigenvalue weighted by Gasteiger charge is -2.33. The summed E-state index contributed by atoms with van der Waals surface area (Å²) in [7, 11) is 0. The second kappa shape index (κ2) is 8.99. The predicted molar refractivity (Wildman–Crippen MR) is 100 cm³/mol. The fraction of sp³-hybridized carbons (Fsp3) is 0.600. The summed E-state index contributed by atoms with van der Waals surface area (Å²) in [5.74, 6) is -0.158. The van der Waals surface area contributed by atoms with Gasteiger partial charge in [-0.3, -0.25) is 14.5 Å². The van der Waals surface area contributed by atoms with Crippen molar-refractivity contribution >= 4 is 11.8 Å². The van der Waals surface area contributed by atoms with Crippen LogP contribution in [0.3, 0.4) is 0 Å². The SMILES string of the molecule is CC(=O)NC(C(=O)NC1CCN(Cc2cccc(C)c2)CC1)C(C)C. The van der Waals surface area contributed by atoms with E-state index in [2.05, 4.69) is 46.7 Å². The number of hydrogen-bond donors (Lipinski definition) is 2. The molecule has 0 radical (unpaired) electrons. The van der Waals surface area contributed by atoms with E-state index in [0.29, 0.717) is 0 Å². The maximum Gasteiger partial charge on any atom is 0.243 e. The first-order valence-electron chi connectivity index (χ1n) is 9.20. The summed E-state index contributed by atoms with van der Waals surface area (Å²) in [6.45, 7) is 10.4. The van der Waals surface area contributed by atoms with Gasteiger partial charge in [-0.25, -0.2) is 0 Å². The van der Waals surface area contributed by atoms with Gasteiger partial charge in [0, 0.05) is 32.6 Å². The number of nitrogens with zero attached hydrogens (tertiary/aromatic N) is 1. The summed E-state index contributed by atoms with van der Waals surface area (Å²) in [5.41, 5.74) is 2.63. The Morgan fingerprint density at radius 2 is 1.92 bits per heavy atom. The molecule has 1 heterocycles. The molecule has 0 aliphatic carbocycles. The highest BCUT2D eigenvalue weighted by molar-refractivity contribution is 5.87. The molecule has 1 aromatic carbocycles. The van der Waals surface area contributed by atoms with Gasteiger partial charge in [0.25, 0.3) is 0 Å². The van der Waals surface area contributed by atoms with E-state index in [-0.39, 0.29) is 23.8 Å². The number of hydrogen-bond acceptors (Lipinski definition) is 3. The van der Waals surface area contributed by atoms with Gasteiger partial charge in [-0.1, -0.05) is 43.7 Å². The molecule has 0 saturated carbocycles. The summed E-state index contributed by atoms with van der Waals surface area (Å²) < 4.78 is 0. The minimum Gasteiger partial charge on any atom is -0.351 e. The lowest BCUT2D eigenvalue weighted by Crippen LogP contribution is -2.53. The molecule has 1 aliphatic heterocycles. The van der Waals surface area contributed by atoms with Crippen molar-refractivity contribution in [3.8, 4) is 0 Å². The van der Waals surface area contributed by atoms with Gasteiger partial charge in [-0.15, -0.1) is 0 Å². The second-order valence-corrected chi connectivity index (χ2v) is 7.47. The van der Waals surface area contributed by atoms with Crippen molar-refractivity contribution in [3.05, 3.63) is 35.4 Å². The van der Waals surface area contributed by atoms with Crippen LogP contribution in [0.5, 0.6) is 0 Å². The van der Waals surface area contributed by atoms with E-state index in [1.165, 1.54) is 18.1 Å². The van der Waals surface area contributed by atoms with Crippen molar-refractivity contribution < 1.29 is 9.59 Å². The second-order valence-electron chi connectivity index (χ2n) is 7.47. The molecule has 1 aliphatic rings. The number of benzene rings is 1. The number of nitrogens with one attached hydrogen (secondary N) is 2. The third-order valence-corrected chi connectivity index (χ3v) is 4.73. The zero-order valence-corrected chi connectivity index (χ0v) is 15.8. The van der Waals surface area contributed by atoms with Crippen molar-refractivity contribution in [2.45, 2.75) is 59.2 Å². The van der Waals surface area contributed by atoms with Crippen LogP contribution in [0.1, 0.15) is 44.7 Å². The van der Waals surface area contributed by atoms with Crippen LogP contribution in [-0.4, -0.2) is 41.9 Å². The molecule has 1 saturated heterocycles. The fourth-order valence-electron chi connectivity index (χ4n) is 3.35. The zero-order chi connectivity index (χ0) is 18.4. The topological polar surface area (TPSA) is 61.4 Å². The lowest BCUT2D eigenvalue weighted by molar-refractivity contribution is -0.129. The monoisotopic (exact) mass is 345 g/mol. The van der Waals surface area contributed by atoms with Gasteiger partial charge in [0.1, 0.15) is 6.04 Å². The molecular weight excluding hydrogens is 314 g/mol. The van der Waals surface area contributed by atoms with Crippen LogP contribution in [0.4, 0.5) is 0 Å². The summed E-state index contributed by atoms with van der Waals surface area (Å²) in [4.78, 5) is 26.2. The molecule has 2 rings (SSSR count). The van der Waals surface area contributed by atoms with Crippen LogP contribution >= 0.6 is 0 Å². The van der Waals surface area contributed by atoms with Crippen molar-refractivity contribution in [2.75, 3.05) is 13.1 Å². The maximum absolute atomic E-state index is 12.5. The number of amides is 2. The van der Waals surface area contributed by atoms with E-state index >= 15 is 0 Å². The number of likely N-dealkylation sites (tertiary alicyclic amines) is 1. The number of piperidine rings is 1. The molecule has 2 amide bonds. The summed E-state index contributed by atoms with van der Waals surface area (Å²) in [6, 6.07) is 8.35. The first-order valence-corrected chi connectivity index (χ1v) is 9.20. The van der Waals surface area contributed by atoms with Gasteiger partial charge < -0.3 is 10.6 Å². The number of carbonyl (C=O) groups excluding carboxylic acids is 2. The zero-order valence-electron chi connectivity index (χ0n) is 15.8. The van der Waals surface area contributed by atoms with E-state index in [1.54, 1.807) is 0 Å². The highest BCUT2D eigenvalue weighted by Crippen LogP contribution is 2.15. The molecule has 0 aromatic heterocycles. The van der Waals surface area contributed by atoms with Gasteiger partial charge in [0.2, 0.25) is 11.8 Å². The highest BCUT2D eigenvalue weighted by atomic mass is 16.2. The minimum atomic E-state index is -0.456. The van der Waals surface area contributed by atoms with Crippen LogP contribution in [0, 0.1) is 12.8 Å². The molecule has 25 heavy (non-hydrogen) atoms. The first-order chi connectivity index (χ1) is 11.8. The Kier molecular flexibility index (Phi) is 7.00. The number of aryl methyl sites for hydroxylation is 1. The van der Waals surface area contributed by atoms with E-state index in [1.807, 2.05) is 13.8 Å². The third kappa shape index (κ3) is 6.16. The summed E-state index contributed by atoms with van der Waals surface area (Å²) >= 11 is 0. The average Bonchev–Trinajstić information content (AvgIpc) is 2.54. The van der Waals surface area contributed by atoms with E-state index in [0.717, 1.165) is 32.5 Å². The van der Waals surface area contributed by atoms with Gasteiger partial charge in [0.05, 0.1) is 0 Å². The maximum atomic E-state index is 12.5. The van der Waals surface area contributed by atoms with Crippen LogP contribution < -0.4 is 10.6 Å². The van der Waals surface area contributed by atoms with Crippen LogP contribution in [0.2, 0.25) is 0 Å². The Labute approximate surface area is 151 Å². The largest absolute Gasteiger partial charge is 0.351 e. The third-order valence-electron chi connectivity index (χ3n) is 4.73. The highest BCUT2D eigenvalue weighted by Gasteiger charge is 2.27. The Morgan fingerprint density at radius 1 is 1.24 bits per heavy atom. The van der Waals surface area contributed by atoms with Gasteiger partial charge in [-0.2, -0.15) is 0 Å². The molecule has 138 valence electrons. The molecule has 5 nitrogen and oxygen atoms in total. The normalized spacial score (nSPS) is 17.3. The van der Waals surface area contributed by atoms with E-state index in [4.69, 9.17) is 0 Å². The Bertz CT molecular complexity index is 592. The van der Waals surface area contributed by atoms with Gasteiger partial charge in [0.15, 0.2) is 0 Å². The van der Waals surface area contributed by atoms with Gasteiger partial charge >= 0.3 is 0 Å². The molecule has 1 atom stereocenters. The molecule has 0 bridgehead atoms. The lowest BCUT2D eigenvalue weighted by atomic mass is 10.00. The average molecular weight is 345 g/mol. The van der Waals surface area contributed by atoms with E-state index < -0.39 is 6.04 Å². The predicted octanol–water partition coefficient (Wildman–Crippen LogP) is 2.24. The molecule has 5 heteroatoms. The molecular formula is C20H31N3O2. The first kappa shape index (κ1) is 19.4. The van der Waals surface area contributed by atoms with Crippen molar-refractivity contribution in [3.63, 3.8) is 0 Å². The van der Waals surface area contributed by atoms with E-state index in [9.17, 15) is 9.59 Å². The Balaban J connectivity index is 1.81. The molecule has 1 fully saturated rings. The molecule has 2 N–H and O–H groups in total. The number of rotatable bonds is 6. The smallest absolute Gasteiger partial charge is 0.243 e. The summed E-state index contributed by atoms with van der Waals surface area (Å²) in [6.07, 6.45) is 1.89. The molecule has 1 aromatic rings. The number of carbonyl (C=O) groups is 2. The standard InChI is InChI=1S/C20H31N3O2/c1-14(2)19(21-16(4)24)20(25)22-18-8-10-23(11-9-18)13-17-7-5-6-15(3)12-17/h5-7,12,14,18-19H,8-11,13H2,1-4H3,(H,21,24)(H,22,25). The van der Waals surface area contributed by atoms with Crippen molar-refractivity contribution in [1.82, 2.24) is 15.5 Å². The van der Waals surface area contributed by atoms with Crippen LogP contribution in [0.25, 0.3) is 0 Å². The molecule has 1 unspecified atom stereocenters. The van der Waals surface area contributed by atoms with Gasteiger partial charge in [-0.05, 0) is 31.2 Å². The fourth-order valence-corrected chi connectivity index (χ4v) is 3.35. The van der Waals surface area contributed by atoms with Crippen LogP contribution in [0.15, 0.2) is 24.3 Å². The van der Waals surface area contributed by atoms with Crippen LogP contribution in [-0.2, 0) is 16.1 Å². The quantitative estimate of drug-likeness (QED) is 0.831. The molecule has 0 spiro atoms. The van der Waals surface area contributed by atoms with Crippen molar-refractivity contribution in [2.24, 2.45) is 5.92 Å².